The molecule has 0 radical (unpaired) electrons. The Labute approximate surface area is 180 Å². The lowest BCUT2D eigenvalue weighted by atomic mass is 10.1. The highest BCUT2D eigenvalue weighted by Crippen LogP contribution is 2.32. The van der Waals surface area contributed by atoms with Gasteiger partial charge in [-0.1, -0.05) is 59.8 Å². The molecule has 0 saturated carbocycles. The molecule has 8 heteroatoms. The van der Waals surface area contributed by atoms with Crippen molar-refractivity contribution in [1.29, 1.82) is 0 Å². The number of amides is 1. The summed E-state index contributed by atoms with van der Waals surface area (Å²) in [5.74, 6) is -0.0662. The number of anilines is 1. The summed E-state index contributed by atoms with van der Waals surface area (Å²) in [5, 5.41) is 5.80. The minimum atomic E-state index is -0.194. The fourth-order valence-electron chi connectivity index (χ4n) is 2.87. The number of fused-ring (bicyclic) bond motifs is 1. The average Bonchev–Trinajstić information content (AvgIpc) is 3.14. The number of thiophene rings is 1. The summed E-state index contributed by atoms with van der Waals surface area (Å²) in [5.41, 5.74) is 3.12. The SMILES string of the molecule is Cn1c(SCC(=O)Nc2cccc(Cl)c2)nc2c(-c3ccccc3)csc2c1=O. The number of carbonyl (C=O) groups is 1. The first kappa shape index (κ1) is 19.7. The predicted octanol–water partition coefficient (Wildman–Crippen LogP) is 5.05. The van der Waals surface area contributed by atoms with Gasteiger partial charge in [0.25, 0.3) is 5.56 Å². The Kier molecular flexibility index (Phi) is 5.71. The molecule has 5 nitrogen and oxygen atoms in total. The quantitative estimate of drug-likeness (QED) is 0.348. The fraction of sp³-hybridized carbons (Fsp3) is 0.0952. The van der Waals surface area contributed by atoms with Crippen LogP contribution in [-0.2, 0) is 11.8 Å². The molecule has 0 aliphatic carbocycles. The van der Waals surface area contributed by atoms with Gasteiger partial charge in [0.05, 0.1) is 11.3 Å². The smallest absolute Gasteiger partial charge is 0.271 e. The number of hydrogen-bond acceptors (Lipinski definition) is 5. The van der Waals surface area contributed by atoms with Crippen LogP contribution in [0.2, 0.25) is 5.02 Å². The molecular formula is C21H16ClN3O2S2. The van der Waals surface area contributed by atoms with Gasteiger partial charge in [0.1, 0.15) is 4.70 Å². The summed E-state index contributed by atoms with van der Waals surface area (Å²) < 4.78 is 2.10. The lowest BCUT2D eigenvalue weighted by Gasteiger charge is -2.09. The van der Waals surface area contributed by atoms with Crippen molar-refractivity contribution < 1.29 is 4.79 Å². The highest BCUT2D eigenvalue weighted by molar-refractivity contribution is 7.99. The van der Waals surface area contributed by atoms with E-state index in [1.165, 1.54) is 27.7 Å². The van der Waals surface area contributed by atoms with Crippen molar-refractivity contribution in [2.24, 2.45) is 7.05 Å². The molecule has 0 atom stereocenters. The van der Waals surface area contributed by atoms with Crippen LogP contribution in [0.15, 0.2) is 69.9 Å². The Morgan fingerprint density at radius 1 is 1.21 bits per heavy atom. The lowest BCUT2D eigenvalue weighted by molar-refractivity contribution is -0.113. The van der Waals surface area contributed by atoms with Crippen molar-refractivity contribution in [3.8, 4) is 11.1 Å². The molecule has 0 spiro atoms. The van der Waals surface area contributed by atoms with Crippen LogP contribution < -0.4 is 10.9 Å². The Bertz CT molecular complexity index is 1250. The number of halogens is 1. The maximum atomic E-state index is 12.8. The molecule has 0 aliphatic rings. The summed E-state index contributed by atoms with van der Waals surface area (Å²) in [6.07, 6.45) is 0. The molecule has 2 aromatic heterocycles. The number of rotatable bonds is 5. The normalized spacial score (nSPS) is 11.0. The van der Waals surface area contributed by atoms with E-state index in [-0.39, 0.29) is 17.2 Å². The van der Waals surface area contributed by atoms with Gasteiger partial charge in [-0.25, -0.2) is 4.98 Å². The molecule has 146 valence electrons. The molecule has 29 heavy (non-hydrogen) atoms. The van der Waals surface area contributed by atoms with Crippen molar-refractivity contribution >= 4 is 56.5 Å². The summed E-state index contributed by atoms with van der Waals surface area (Å²) in [7, 11) is 1.67. The summed E-state index contributed by atoms with van der Waals surface area (Å²) in [6.45, 7) is 0. The highest BCUT2D eigenvalue weighted by atomic mass is 35.5. The number of benzene rings is 2. The molecule has 0 unspecified atom stereocenters. The van der Waals surface area contributed by atoms with Gasteiger partial charge < -0.3 is 5.32 Å². The maximum absolute atomic E-state index is 12.8. The van der Waals surface area contributed by atoms with E-state index in [4.69, 9.17) is 16.6 Å². The second-order valence-corrected chi connectivity index (χ2v) is 8.56. The van der Waals surface area contributed by atoms with E-state index >= 15 is 0 Å². The summed E-state index contributed by atoms with van der Waals surface area (Å²) in [6, 6.07) is 16.8. The van der Waals surface area contributed by atoms with Crippen LogP contribution in [0.4, 0.5) is 5.69 Å². The molecular weight excluding hydrogens is 426 g/mol. The topological polar surface area (TPSA) is 64.0 Å². The van der Waals surface area contributed by atoms with Gasteiger partial charge in [0.2, 0.25) is 5.91 Å². The van der Waals surface area contributed by atoms with Gasteiger partial charge in [-0.3, -0.25) is 14.2 Å². The van der Waals surface area contributed by atoms with Crippen LogP contribution in [-0.4, -0.2) is 21.2 Å². The van der Waals surface area contributed by atoms with Crippen molar-refractivity contribution in [2.75, 3.05) is 11.1 Å². The van der Waals surface area contributed by atoms with Crippen molar-refractivity contribution in [2.45, 2.75) is 5.16 Å². The first-order valence-electron chi connectivity index (χ1n) is 8.75. The Morgan fingerprint density at radius 3 is 2.76 bits per heavy atom. The standard InChI is InChI=1S/C21H16ClN3O2S2/c1-25-20(27)19-18(16(11-28-19)13-6-3-2-4-7-13)24-21(25)29-12-17(26)23-15-9-5-8-14(22)10-15/h2-11H,12H2,1H3,(H,23,26). The zero-order chi connectivity index (χ0) is 20.4. The summed E-state index contributed by atoms with van der Waals surface area (Å²) in [4.78, 5) is 29.8. The molecule has 1 amide bonds. The molecule has 0 saturated heterocycles. The summed E-state index contributed by atoms with van der Waals surface area (Å²) >= 11 is 8.56. The minimum Gasteiger partial charge on any atom is -0.325 e. The van der Waals surface area contributed by atoms with Gasteiger partial charge >= 0.3 is 0 Å². The van der Waals surface area contributed by atoms with Crippen LogP contribution in [0, 0.1) is 0 Å². The number of carbonyl (C=O) groups excluding carboxylic acids is 1. The zero-order valence-electron chi connectivity index (χ0n) is 15.4. The third-order valence-corrected chi connectivity index (χ3v) is 6.51. The molecule has 0 aliphatic heterocycles. The van der Waals surface area contributed by atoms with Crippen molar-refractivity contribution in [3.63, 3.8) is 0 Å². The first-order chi connectivity index (χ1) is 14.0. The zero-order valence-corrected chi connectivity index (χ0v) is 17.8. The first-order valence-corrected chi connectivity index (χ1v) is 11.0. The largest absolute Gasteiger partial charge is 0.325 e. The number of nitrogens with zero attached hydrogens (tertiary/aromatic N) is 2. The average molecular weight is 442 g/mol. The monoisotopic (exact) mass is 441 g/mol. The maximum Gasteiger partial charge on any atom is 0.271 e. The highest BCUT2D eigenvalue weighted by Gasteiger charge is 2.16. The van der Waals surface area contributed by atoms with Crippen LogP contribution >= 0.6 is 34.7 Å². The molecule has 2 aromatic carbocycles. The van der Waals surface area contributed by atoms with Gasteiger partial charge in [-0.05, 0) is 23.8 Å². The fourth-order valence-corrected chi connectivity index (χ4v) is 4.81. The van der Waals surface area contributed by atoms with Gasteiger partial charge in [0.15, 0.2) is 5.16 Å². The Morgan fingerprint density at radius 2 is 2.00 bits per heavy atom. The van der Waals surface area contributed by atoms with Gasteiger partial charge in [-0.15, -0.1) is 11.3 Å². The third-order valence-electron chi connectivity index (χ3n) is 4.28. The number of thioether (sulfide) groups is 1. The van der Waals surface area contributed by atoms with Gasteiger partial charge in [-0.2, -0.15) is 0 Å². The van der Waals surface area contributed by atoms with E-state index < -0.39 is 0 Å². The Balaban J connectivity index is 1.59. The van der Waals surface area contributed by atoms with E-state index in [9.17, 15) is 9.59 Å². The van der Waals surface area contributed by atoms with Crippen molar-refractivity contribution in [3.05, 3.63) is 75.4 Å². The van der Waals surface area contributed by atoms with E-state index in [2.05, 4.69) is 5.32 Å². The molecule has 2 heterocycles. The second-order valence-electron chi connectivity index (χ2n) is 6.30. The van der Waals surface area contributed by atoms with Crippen LogP contribution in [0.1, 0.15) is 0 Å². The molecule has 4 aromatic rings. The molecule has 0 bridgehead atoms. The van der Waals surface area contributed by atoms with E-state index in [0.717, 1.165) is 11.1 Å². The Hall–Kier alpha value is -2.61. The number of nitrogens with one attached hydrogen (secondary N) is 1. The predicted molar refractivity (Wildman–Crippen MR) is 121 cm³/mol. The second kappa shape index (κ2) is 8.41. The molecule has 1 N–H and O–H groups in total. The number of aromatic nitrogens is 2. The van der Waals surface area contributed by atoms with Gasteiger partial charge in [0, 0.05) is 28.7 Å². The van der Waals surface area contributed by atoms with E-state index in [1.807, 2.05) is 35.7 Å². The van der Waals surface area contributed by atoms with Crippen molar-refractivity contribution in [1.82, 2.24) is 9.55 Å². The van der Waals surface area contributed by atoms with E-state index in [0.29, 0.717) is 26.1 Å². The van der Waals surface area contributed by atoms with E-state index in [1.54, 1.807) is 31.3 Å². The van der Waals surface area contributed by atoms with Crippen LogP contribution in [0.3, 0.4) is 0 Å². The minimum absolute atomic E-state index is 0.111. The third kappa shape index (κ3) is 4.22. The van der Waals surface area contributed by atoms with Crippen LogP contribution in [0.25, 0.3) is 21.3 Å². The van der Waals surface area contributed by atoms with Crippen LogP contribution in [0.5, 0.6) is 0 Å². The number of hydrogen-bond donors (Lipinski definition) is 1. The lowest BCUT2D eigenvalue weighted by Crippen LogP contribution is -2.20. The molecule has 0 fully saturated rings. The molecule has 4 rings (SSSR count).